The molecule has 0 amide bonds. The number of benzene rings is 2. The minimum atomic E-state index is -3.56. The minimum Gasteiger partial charge on any atom is -0.373 e. The molecular weight excluding hydrogens is 320 g/mol. The number of anilines is 2. The summed E-state index contributed by atoms with van der Waals surface area (Å²) in [5, 5.41) is 0. The lowest BCUT2D eigenvalue weighted by atomic mass is 10.0. The molecule has 2 aromatic rings. The van der Waals surface area contributed by atoms with Crippen LogP contribution in [0.4, 0.5) is 11.4 Å². The van der Waals surface area contributed by atoms with Crippen LogP contribution in [0, 0.1) is 0 Å². The van der Waals surface area contributed by atoms with Gasteiger partial charge in [0.15, 0.2) is 0 Å². The third-order valence-corrected chi connectivity index (χ3v) is 6.38. The highest BCUT2D eigenvalue weighted by atomic mass is 32.2. The lowest BCUT2D eigenvalue weighted by molar-refractivity contribution is 0.590. The Morgan fingerprint density at radius 3 is 2.17 bits per heavy atom. The van der Waals surface area contributed by atoms with Gasteiger partial charge in [0.25, 0.3) is 10.0 Å². The van der Waals surface area contributed by atoms with Crippen molar-refractivity contribution in [2.45, 2.75) is 31.1 Å². The molecule has 0 saturated carbocycles. The summed E-state index contributed by atoms with van der Waals surface area (Å²) in [5.74, 6) is 0.384. The smallest absolute Gasteiger partial charge is 0.264 e. The van der Waals surface area contributed by atoms with Gasteiger partial charge in [-0.3, -0.25) is 4.31 Å². The molecule has 1 aliphatic heterocycles. The van der Waals surface area contributed by atoms with E-state index >= 15 is 0 Å². The molecule has 0 aromatic heterocycles. The predicted octanol–water partition coefficient (Wildman–Crippen LogP) is 3.85. The molecule has 128 valence electrons. The van der Waals surface area contributed by atoms with Gasteiger partial charge in [-0.2, -0.15) is 0 Å². The van der Waals surface area contributed by atoms with Crippen LogP contribution in [0.15, 0.2) is 53.4 Å². The maximum atomic E-state index is 13.2. The fourth-order valence-electron chi connectivity index (χ4n) is 3.09. The van der Waals surface area contributed by atoms with Gasteiger partial charge in [-0.05, 0) is 42.2 Å². The van der Waals surface area contributed by atoms with Crippen molar-refractivity contribution in [3.05, 3.63) is 54.1 Å². The van der Waals surface area contributed by atoms with Gasteiger partial charge in [-0.1, -0.05) is 38.1 Å². The fraction of sp³-hybridized carbons (Fsp3) is 0.368. The number of para-hydroxylation sites is 2. The Balaban J connectivity index is 2.04. The lowest BCUT2D eigenvalue weighted by Crippen LogP contribution is -2.31. The molecule has 3 rings (SSSR count). The van der Waals surface area contributed by atoms with E-state index in [0.717, 1.165) is 29.9 Å². The topological polar surface area (TPSA) is 40.6 Å². The van der Waals surface area contributed by atoms with E-state index in [9.17, 15) is 8.42 Å². The van der Waals surface area contributed by atoms with E-state index in [1.165, 1.54) is 0 Å². The van der Waals surface area contributed by atoms with E-state index in [1.54, 1.807) is 16.4 Å². The third kappa shape index (κ3) is 3.00. The first-order chi connectivity index (χ1) is 11.4. The molecule has 5 heteroatoms. The number of fused-ring (bicyclic) bond motifs is 1. The largest absolute Gasteiger partial charge is 0.373 e. The molecule has 4 nitrogen and oxygen atoms in total. The number of hydrogen-bond donors (Lipinski definition) is 0. The first-order valence-corrected chi connectivity index (χ1v) is 9.78. The first-order valence-electron chi connectivity index (χ1n) is 8.34. The average molecular weight is 344 g/mol. The molecule has 0 bridgehead atoms. The second-order valence-electron chi connectivity index (χ2n) is 6.56. The van der Waals surface area contributed by atoms with Crippen molar-refractivity contribution in [2.24, 2.45) is 0 Å². The highest BCUT2D eigenvalue weighted by Gasteiger charge is 2.29. The summed E-state index contributed by atoms with van der Waals surface area (Å²) in [6.07, 6.45) is 0.800. The molecule has 0 N–H and O–H groups in total. The molecule has 24 heavy (non-hydrogen) atoms. The molecule has 0 saturated heterocycles. The van der Waals surface area contributed by atoms with Crippen molar-refractivity contribution >= 4 is 21.4 Å². The number of nitrogens with zero attached hydrogens (tertiary/aromatic N) is 2. The maximum Gasteiger partial charge on any atom is 0.264 e. The Morgan fingerprint density at radius 2 is 1.54 bits per heavy atom. The van der Waals surface area contributed by atoms with Crippen LogP contribution in [0.3, 0.4) is 0 Å². The Kier molecular flexibility index (Phi) is 4.54. The second-order valence-corrected chi connectivity index (χ2v) is 8.43. The molecule has 0 radical (unpaired) electrons. The number of rotatable bonds is 3. The first kappa shape index (κ1) is 16.8. The average Bonchev–Trinajstić information content (AvgIpc) is 2.75. The van der Waals surface area contributed by atoms with Gasteiger partial charge >= 0.3 is 0 Å². The summed E-state index contributed by atoms with van der Waals surface area (Å²) in [6, 6.07) is 15.0. The van der Waals surface area contributed by atoms with Crippen molar-refractivity contribution in [3.63, 3.8) is 0 Å². The molecule has 1 aliphatic rings. The van der Waals surface area contributed by atoms with E-state index in [4.69, 9.17) is 0 Å². The van der Waals surface area contributed by atoms with Gasteiger partial charge in [0.2, 0.25) is 0 Å². The van der Waals surface area contributed by atoms with Crippen molar-refractivity contribution in [1.29, 1.82) is 0 Å². The highest BCUT2D eigenvalue weighted by Crippen LogP contribution is 2.35. The Hall–Kier alpha value is -2.01. The van der Waals surface area contributed by atoms with Crippen LogP contribution >= 0.6 is 0 Å². The van der Waals surface area contributed by atoms with E-state index in [2.05, 4.69) is 18.7 Å². The van der Waals surface area contributed by atoms with Crippen LogP contribution < -0.4 is 9.21 Å². The minimum absolute atomic E-state index is 0.353. The summed E-state index contributed by atoms with van der Waals surface area (Å²) in [7, 11) is -1.55. The molecular formula is C19H24N2O2S. The zero-order chi connectivity index (χ0) is 17.3. The normalized spacial score (nSPS) is 15.3. The second kappa shape index (κ2) is 6.48. The molecule has 0 atom stereocenters. The molecule has 0 unspecified atom stereocenters. The zero-order valence-corrected chi connectivity index (χ0v) is 15.3. The fourth-order valence-corrected chi connectivity index (χ4v) is 4.61. The van der Waals surface area contributed by atoms with E-state index in [0.29, 0.717) is 17.4 Å². The van der Waals surface area contributed by atoms with Gasteiger partial charge in [0.1, 0.15) is 0 Å². The summed E-state index contributed by atoms with van der Waals surface area (Å²) >= 11 is 0. The Morgan fingerprint density at radius 1 is 0.917 bits per heavy atom. The van der Waals surface area contributed by atoms with Crippen LogP contribution in [0.25, 0.3) is 0 Å². The molecule has 0 spiro atoms. The summed E-state index contributed by atoms with van der Waals surface area (Å²) < 4.78 is 27.9. The van der Waals surface area contributed by atoms with Gasteiger partial charge in [-0.25, -0.2) is 8.42 Å². The third-order valence-electron chi connectivity index (χ3n) is 4.55. The van der Waals surface area contributed by atoms with Gasteiger partial charge in [-0.15, -0.1) is 0 Å². The van der Waals surface area contributed by atoms with Gasteiger partial charge < -0.3 is 4.90 Å². The molecule has 1 heterocycles. The highest BCUT2D eigenvalue weighted by molar-refractivity contribution is 7.92. The molecule has 0 fully saturated rings. The monoisotopic (exact) mass is 344 g/mol. The quantitative estimate of drug-likeness (QED) is 0.849. The van der Waals surface area contributed by atoms with Crippen molar-refractivity contribution in [1.82, 2.24) is 0 Å². The van der Waals surface area contributed by atoms with Crippen molar-refractivity contribution in [3.8, 4) is 0 Å². The standard InChI is InChI=1S/C19H24N2O2S/c1-15(2)16-9-11-17(12-10-16)24(22,23)21-14-6-13-20(3)18-7-4-5-8-19(18)21/h4-5,7-12,15H,6,13-14H2,1-3H3. The SMILES string of the molecule is CC(C)c1ccc(S(=O)(=O)N2CCCN(C)c3ccccc32)cc1. The van der Waals surface area contributed by atoms with Gasteiger partial charge in [0, 0.05) is 20.1 Å². The summed E-state index contributed by atoms with van der Waals surface area (Å²) in [6.45, 7) is 5.54. The van der Waals surface area contributed by atoms with E-state index in [-0.39, 0.29) is 0 Å². The van der Waals surface area contributed by atoms with Crippen LogP contribution in [0.5, 0.6) is 0 Å². The van der Waals surface area contributed by atoms with Crippen molar-refractivity contribution in [2.75, 3.05) is 29.3 Å². The Labute approximate surface area is 144 Å². The maximum absolute atomic E-state index is 13.2. The van der Waals surface area contributed by atoms with E-state index in [1.807, 2.05) is 43.4 Å². The summed E-state index contributed by atoms with van der Waals surface area (Å²) in [5.41, 5.74) is 2.85. The summed E-state index contributed by atoms with van der Waals surface area (Å²) in [4.78, 5) is 2.47. The lowest BCUT2D eigenvalue weighted by Gasteiger charge is -2.25. The zero-order valence-electron chi connectivity index (χ0n) is 14.4. The predicted molar refractivity (Wildman–Crippen MR) is 99.4 cm³/mol. The van der Waals surface area contributed by atoms with Crippen LogP contribution in [-0.4, -0.2) is 28.6 Å². The van der Waals surface area contributed by atoms with Crippen LogP contribution in [0.2, 0.25) is 0 Å². The van der Waals surface area contributed by atoms with Crippen LogP contribution in [0.1, 0.15) is 31.7 Å². The number of sulfonamides is 1. The molecule has 0 aliphatic carbocycles. The van der Waals surface area contributed by atoms with Gasteiger partial charge in [0.05, 0.1) is 16.3 Å². The molecule has 2 aromatic carbocycles. The van der Waals surface area contributed by atoms with Crippen molar-refractivity contribution < 1.29 is 8.42 Å². The van der Waals surface area contributed by atoms with E-state index < -0.39 is 10.0 Å². The van der Waals surface area contributed by atoms with Crippen LogP contribution in [-0.2, 0) is 10.0 Å². The number of hydrogen-bond acceptors (Lipinski definition) is 3. The Bertz CT molecular complexity index is 814.